The van der Waals surface area contributed by atoms with E-state index in [0.717, 1.165) is 11.3 Å². The number of halogens is 1. The van der Waals surface area contributed by atoms with Crippen LogP contribution in [-0.2, 0) is 9.59 Å². The van der Waals surface area contributed by atoms with Crippen LogP contribution < -0.4 is 4.90 Å². The van der Waals surface area contributed by atoms with Crippen LogP contribution in [-0.4, -0.2) is 52.8 Å². The van der Waals surface area contributed by atoms with E-state index in [4.69, 9.17) is 0 Å². The molecule has 4 amide bonds. The summed E-state index contributed by atoms with van der Waals surface area (Å²) >= 11 is 0. The molecule has 3 heterocycles. The summed E-state index contributed by atoms with van der Waals surface area (Å²) < 4.78 is 13.9. The third kappa shape index (κ3) is 1.95. The summed E-state index contributed by atoms with van der Waals surface area (Å²) in [5.41, 5.74) is 0.194. The number of rotatable bonds is 2. The third-order valence-electron chi connectivity index (χ3n) is 4.86. The maximum Gasteiger partial charge on any atom is 0.328 e. The molecule has 1 aromatic rings. The van der Waals surface area contributed by atoms with Crippen molar-refractivity contribution in [2.45, 2.75) is 31.3 Å². The van der Waals surface area contributed by atoms with E-state index in [1.165, 1.54) is 17.0 Å². The zero-order valence-electron chi connectivity index (χ0n) is 12.4. The van der Waals surface area contributed by atoms with Crippen LogP contribution in [0.4, 0.5) is 14.9 Å². The van der Waals surface area contributed by atoms with E-state index in [9.17, 15) is 18.8 Å². The number of para-hydroxylation sites is 1. The van der Waals surface area contributed by atoms with Crippen molar-refractivity contribution in [3.63, 3.8) is 0 Å². The molecule has 0 saturated carbocycles. The van der Waals surface area contributed by atoms with Crippen LogP contribution in [0.3, 0.4) is 0 Å². The van der Waals surface area contributed by atoms with Crippen molar-refractivity contribution in [3.05, 3.63) is 30.1 Å². The number of carbonyl (C=O) groups is 3. The lowest BCUT2D eigenvalue weighted by Gasteiger charge is -2.22. The highest BCUT2D eigenvalue weighted by molar-refractivity contribution is 6.10. The molecule has 23 heavy (non-hydrogen) atoms. The summed E-state index contributed by atoms with van der Waals surface area (Å²) in [6.07, 6.45) is 1.81. The van der Waals surface area contributed by atoms with Crippen LogP contribution in [0.5, 0.6) is 0 Å². The van der Waals surface area contributed by atoms with Gasteiger partial charge in [-0.3, -0.25) is 9.59 Å². The first-order chi connectivity index (χ1) is 11.1. The SMILES string of the molecule is O=C1C(N2C(=O)[C@H]3CCCN3C2=O)CCN1c1ccccc1F. The quantitative estimate of drug-likeness (QED) is 0.774. The molecule has 0 aromatic heterocycles. The Labute approximate surface area is 132 Å². The van der Waals surface area contributed by atoms with Gasteiger partial charge in [0.1, 0.15) is 17.9 Å². The molecular weight excluding hydrogens is 301 g/mol. The molecular formula is C16H16FN3O3. The minimum absolute atomic E-state index is 0.194. The molecule has 6 nitrogen and oxygen atoms in total. The van der Waals surface area contributed by atoms with E-state index in [2.05, 4.69) is 0 Å². The van der Waals surface area contributed by atoms with Crippen LogP contribution in [0.2, 0.25) is 0 Å². The lowest BCUT2D eigenvalue weighted by atomic mass is 10.1. The maximum absolute atomic E-state index is 13.9. The second-order valence-electron chi connectivity index (χ2n) is 6.09. The molecule has 4 rings (SSSR count). The summed E-state index contributed by atoms with van der Waals surface area (Å²) in [4.78, 5) is 41.5. The van der Waals surface area contributed by atoms with Crippen LogP contribution in [0.1, 0.15) is 19.3 Å². The van der Waals surface area contributed by atoms with Gasteiger partial charge in [-0.25, -0.2) is 14.1 Å². The molecule has 120 valence electrons. The molecule has 3 saturated heterocycles. The van der Waals surface area contributed by atoms with Gasteiger partial charge in [-0.15, -0.1) is 0 Å². The van der Waals surface area contributed by atoms with Gasteiger partial charge in [0.2, 0.25) is 0 Å². The van der Waals surface area contributed by atoms with E-state index in [0.29, 0.717) is 25.9 Å². The highest BCUT2D eigenvalue weighted by atomic mass is 19.1. The molecule has 0 N–H and O–H groups in total. The predicted octanol–water partition coefficient (Wildman–Crippen LogP) is 1.36. The van der Waals surface area contributed by atoms with Crippen molar-refractivity contribution < 1.29 is 18.8 Å². The zero-order valence-corrected chi connectivity index (χ0v) is 12.4. The van der Waals surface area contributed by atoms with E-state index < -0.39 is 23.8 Å². The second kappa shape index (κ2) is 5.04. The minimum atomic E-state index is -0.819. The highest BCUT2D eigenvalue weighted by Crippen LogP contribution is 2.33. The van der Waals surface area contributed by atoms with E-state index >= 15 is 0 Å². The maximum atomic E-state index is 13.9. The number of benzene rings is 1. The molecule has 0 bridgehead atoms. The van der Waals surface area contributed by atoms with Gasteiger partial charge in [-0.1, -0.05) is 12.1 Å². The highest BCUT2D eigenvalue weighted by Gasteiger charge is 2.53. The number of hydrogen-bond donors (Lipinski definition) is 0. The van der Waals surface area contributed by atoms with Gasteiger partial charge >= 0.3 is 6.03 Å². The first kappa shape index (κ1) is 14.2. The predicted molar refractivity (Wildman–Crippen MR) is 79.1 cm³/mol. The average Bonchev–Trinajstić information content (AvgIpc) is 3.20. The summed E-state index contributed by atoms with van der Waals surface area (Å²) in [6.45, 7) is 0.857. The molecule has 3 aliphatic rings. The number of imide groups is 1. The van der Waals surface area contributed by atoms with Gasteiger partial charge in [0.15, 0.2) is 0 Å². The number of hydrogen-bond acceptors (Lipinski definition) is 3. The number of anilines is 1. The van der Waals surface area contributed by atoms with Crippen LogP contribution in [0.15, 0.2) is 24.3 Å². The number of fused-ring (bicyclic) bond motifs is 1. The zero-order chi connectivity index (χ0) is 16.1. The Kier molecular flexibility index (Phi) is 3.11. The number of nitrogens with zero attached hydrogens (tertiary/aromatic N) is 3. The molecule has 3 aliphatic heterocycles. The topological polar surface area (TPSA) is 60.9 Å². The molecule has 3 fully saturated rings. The fourth-order valence-corrected chi connectivity index (χ4v) is 3.75. The van der Waals surface area contributed by atoms with Crippen molar-refractivity contribution >= 4 is 23.5 Å². The Balaban J connectivity index is 1.60. The third-order valence-corrected chi connectivity index (χ3v) is 4.86. The summed E-state index contributed by atoms with van der Waals surface area (Å²) in [5.74, 6) is -1.17. The number of urea groups is 1. The second-order valence-corrected chi connectivity index (χ2v) is 6.09. The molecule has 2 atom stereocenters. The Morgan fingerprint density at radius 2 is 1.74 bits per heavy atom. The Hall–Kier alpha value is -2.44. The Morgan fingerprint density at radius 1 is 0.957 bits per heavy atom. The lowest BCUT2D eigenvalue weighted by molar-refractivity contribution is -0.133. The normalized spacial score (nSPS) is 27.3. The number of amides is 4. The van der Waals surface area contributed by atoms with Gasteiger partial charge in [0.05, 0.1) is 5.69 Å². The van der Waals surface area contributed by atoms with Crippen LogP contribution in [0, 0.1) is 5.82 Å². The fraction of sp³-hybridized carbons (Fsp3) is 0.438. The van der Waals surface area contributed by atoms with Crippen LogP contribution >= 0.6 is 0 Å². The van der Waals surface area contributed by atoms with Gasteiger partial charge in [-0.2, -0.15) is 0 Å². The minimum Gasteiger partial charge on any atom is -0.312 e. The van der Waals surface area contributed by atoms with E-state index in [1.54, 1.807) is 17.0 Å². The molecule has 0 radical (unpaired) electrons. The van der Waals surface area contributed by atoms with Crippen molar-refractivity contribution in [1.82, 2.24) is 9.80 Å². The first-order valence-electron chi connectivity index (χ1n) is 7.79. The largest absolute Gasteiger partial charge is 0.328 e. The van der Waals surface area contributed by atoms with Gasteiger partial charge in [0.25, 0.3) is 11.8 Å². The number of carbonyl (C=O) groups excluding carboxylic acids is 3. The van der Waals surface area contributed by atoms with Gasteiger partial charge in [-0.05, 0) is 31.4 Å². The smallest absolute Gasteiger partial charge is 0.312 e. The summed E-state index contributed by atoms with van der Waals surface area (Å²) in [7, 11) is 0. The van der Waals surface area contributed by atoms with Crippen molar-refractivity contribution in [2.75, 3.05) is 18.0 Å². The molecule has 1 unspecified atom stereocenters. The van der Waals surface area contributed by atoms with Crippen molar-refractivity contribution in [3.8, 4) is 0 Å². The van der Waals surface area contributed by atoms with Gasteiger partial charge < -0.3 is 9.80 Å². The summed E-state index contributed by atoms with van der Waals surface area (Å²) in [5, 5.41) is 0. The van der Waals surface area contributed by atoms with Crippen molar-refractivity contribution in [1.29, 1.82) is 0 Å². The van der Waals surface area contributed by atoms with Crippen molar-refractivity contribution in [2.24, 2.45) is 0 Å². The fourth-order valence-electron chi connectivity index (χ4n) is 3.75. The molecule has 0 spiro atoms. The molecule has 0 aliphatic carbocycles. The molecule has 1 aromatic carbocycles. The van der Waals surface area contributed by atoms with E-state index in [1.807, 2.05) is 0 Å². The van der Waals surface area contributed by atoms with Crippen LogP contribution in [0.25, 0.3) is 0 Å². The summed E-state index contributed by atoms with van der Waals surface area (Å²) in [6, 6.07) is 4.41. The first-order valence-corrected chi connectivity index (χ1v) is 7.79. The average molecular weight is 317 g/mol. The van der Waals surface area contributed by atoms with E-state index in [-0.39, 0.29) is 17.6 Å². The standard InChI is InChI=1S/C16H16FN3O3/c17-10-4-1-2-5-11(10)18-9-7-13(14(18)21)20-15(22)12-6-3-8-19(12)16(20)23/h1-2,4-5,12-13H,3,6-9H2/t12-,13?/m1/s1. The van der Waals surface area contributed by atoms with Gasteiger partial charge in [0, 0.05) is 13.1 Å². The monoisotopic (exact) mass is 317 g/mol. The Morgan fingerprint density at radius 3 is 2.48 bits per heavy atom. The Bertz CT molecular complexity index is 686. The lowest BCUT2D eigenvalue weighted by Crippen LogP contribution is -2.46. The molecule has 7 heteroatoms.